The van der Waals surface area contributed by atoms with Gasteiger partial charge in [-0.15, -0.1) is 0 Å². The van der Waals surface area contributed by atoms with Crippen LogP contribution in [0.25, 0.3) is 0 Å². The van der Waals surface area contributed by atoms with E-state index in [4.69, 9.17) is 10.00 Å². The number of methoxy groups -OCH3 is 1. The van der Waals surface area contributed by atoms with Crippen molar-refractivity contribution in [3.63, 3.8) is 0 Å². The maximum Gasteiger partial charge on any atom is 0.332 e. The Bertz CT molecular complexity index is 1030. The zero-order valence-electron chi connectivity index (χ0n) is 15.7. The highest BCUT2D eigenvalue weighted by molar-refractivity contribution is 6.21. The zero-order chi connectivity index (χ0) is 20.5. The zero-order valence-corrected chi connectivity index (χ0v) is 15.7. The first-order valence-electron chi connectivity index (χ1n) is 9.11. The summed E-state index contributed by atoms with van der Waals surface area (Å²) in [5.41, 5.74) is 1.36. The van der Waals surface area contributed by atoms with E-state index in [1.54, 1.807) is 53.4 Å². The van der Waals surface area contributed by atoms with Gasteiger partial charge < -0.3 is 14.5 Å². The molecule has 2 aromatic rings. The fourth-order valence-electron chi connectivity index (χ4n) is 3.64. The largest absolute Gasteiger partial charge is 0.497 e. The van der Waals surface area contributed by atoms with Gasteiger partial charge in [-0.1, -0.05) is 6.07 Å². The highest BCUT2D eigenvalue weighted by Gasteiger charge is 2.49. The molecule has 2 aromatic carbocycles. The van der Waals surface area contributed by atoms with Crippen molar-refractivity contribution >= 4 is 23.5 Å². The number of nitrogens with zero attached hydrogens (tertiary/aromatic N) is 4. The molecule has 1 unspecified atom stereocenters. The summed E-state index contributed by atoms with van der Waals surface area (Å²) in [6.07, 6.45) is 0. The van der Waals surface area contributed by atoms with Crippen molar-refractivity contribution in [3.05, 3.63) is 59.7 Å². The second-order valence-corrected chi connectivity index (χ2v) is 6.81. The number of nitriles is 1. The first-order valence-corrected chi connectivity index (χ1v) is 9.11. The molecule has 0 N–H and O–H groups in total. The summed E-state index contributed by atoms with van der Waals surface area (Å²) in [4.78, 5) is 42.8. The number of urea groups is 1. The number of amides is 4. The van der Waals surface area contributed by atoms with Gasteiger partial charge in [-0.2, -0.15) is 5.26 Å². The summed E-state index contributed by atoms with van der Waals surface area (Å²) in [6, 6.07) is 14.0. The van der Waals surface area contributed by atoms with Crippen LogP contribution in [0.15, 0.2) is 48.5 Å². The highest BCUT2D eigenvalue weighted by Crippen LogP contribution is 2.30. The molecular weight excluding hydrogens is 372 g/mol. The summed E-state index contributed by atoms with van der Waals surface area (Å²) in [7, 11) is 1.52. The molecular formula is C21H18N4O4. The molecule has 2 aliphatic rings. The van der Waals surface area contributed by atoms with Crippen LogP contribution in [0.1, 0.15) is 15.9 Å². The van der Waals surface area contributed by atoms with E-state index in [1.165, 1.54) is 12.0 Å². The van der Waals surface area contributed by atoms with Crippen LogP contribution < -0.4 is 9.64 Å². The highest BCUT2D eigenvalue weighted by atomic mass is 16.5. The molecule has 0 aromatic heterocycles. The lowest BCUT2D eigenvalue weighted by atomic mass is 10.1. The molecule has 1 atom stereocenters. The van der Waals surface area contributed by atoms with Gasteiger partial charge in [0.05, 0.1) is 31.0 Å². The lowest BCUT2D eigenvalue weighted by molar-refractivity contribution is -0.120. The Labute approximate surface area is 167 Å². The van der Waals surface area contributed by atoms with Crippen molar-refractivity contribution < 1.29 is 19.1 Å². The minimum Gasteiger partial charge on any atom is -0.497 e. The third kappa shape index (κ3) is 3.17. The SMILES string of the molecule is COc1cccc(N2C(=O)C3CN(C(=O)c4ccc(C#N)cc4)CCN3C2=O)c1. The Kier molecular flexibility index (Phi) is 4.64. The normalized spacial score (nSPS) is 18.5. The molecule has 0 aliphatic carbocycles. The minimum atomic E-state index is -0.718. The predicted octanol–water partition coefficient (Wildman–Crippen LogP) is 1.86. The lowest BCUT2D eigenvalue weighted by Crippen LogP contribution is -2.54. The van der Waals surface area contributed by atoms with Crippen LogP contribution in [-0.2, 0) is 4.79 Å². The van der Waals surface area contributed by atoms with Crippen LogP contribution in [0.2, 0.25) is 0 Å². The maximum atomic E-state index is 13.0. The Balaban J connectivity index is 1.54. The number of carbonyl (C=O) groups is 3. The van der Waals surface area contributed by atoms with Crippen LogP contribution in [0.5, 0.6) is 5.75 Å². The average molecular weight is 390 g/mol. The molecule has 4 rings (SSSR count). The van der Waals surface area contributed by atoms with Gasteiger partial charge in [0.15, 0.2) is 0 Å². The fourth-order valence-corrected chi connectivity index (χ4v) is 3.64. The molecule has 0 radical (unpaired) electrons. The molecule has 0 saturated carbocycles. The minimum absolute atomic E-state index is 0.129. The van der Waals surface area contributed by atoms with E-state index in [-0.39, 0.29) is 24.9 Å². The third-order valence-corrected chi connectivity index (χ3v) is 5.18. The Morgan fingerprint density at radius 3 is 2.59 bits per heavy atom. The molecule has 8 heteroatoms. The van der Waals surface area contributed by atoms with E-state index in [0.29, 0.717) is 29.1 Å². The van der Waals surface area contributed by atoms with Crippen molar-refractivity contribution in [2.45, 2.75) is 6.04 Å². The number of imide groups is 1. The van der Waals surface area contributed by atoms with Crippen LogP contribution in [-0.4, -0.2) is 60.4 Å². The van der Waals surface area contributed by atoms with Crippen LogP contribution in [0.3, 0.4) is 0 Å². The molecule has 2 saturated heterocycles. The fraction of sp³-hybridized carbons (Fsp3) is 0.238. The molecule has 29 heavy (non-hydrogen) atoms. The Morgan fingerprint density at radius 2 is 1.90 bits per heavy atom. The second-order valence-electron chi connectivity index (χ2n) is 6.81. The van der Waals surface area contributed by atoms with Gasteiger partial charge >= 0.3 is 6.03 Å². The Morgan fingerprint density at radius 1 is 1.14 bits per heavy atom. The Hall–Kier alpha value is -3.86. The topological polar surface area (TPSA) is 93.9 Å². The average Bonchev–Trinajstić information content (AvgIpc) is 3.03. The molecule has 4 amide bonds. The molecule has 2 fully saturated rings. The number of benzene rings is 2. The van der Waals surface area contributed by atoms with Crippen molar-refractivity contribution in [2.75, 3.05) is 31.6 Å². The summed E-state index contributed by atoms with van der Waals surface area (Å²) < 4.78 is 5.18. The molecule has 2 aliphatic heterocycles. The van der Waals surface area contributed by atoms with Gasteiger partial charge in [0, 0.05) is 24.7 Å². The summed E-state index contributed by atoms with van der Waals surface area (Å²) in [5, 5.41) is 8.89. The summed E-state index contributed by atoms with van der Waals surface area (Å²) in [6.45, 7) is 0.738. The quantitative estimate of drug-likeness (QED) is 0.746. The summed E-state index contributed by atoms with van der Waals surface area (Å²) in [5.74, 6) is -0.0413. The maximum absolute atomic E-state index is 13.0. The van der Waals surface area contributed by atoms with Crippen LogP contribution >= 0.6 is 0 Å². The van der Waals surface area contributed by atoms with Crippen LogP contribution in [0.4, 0.5) is 10.5 Å². The van der Waals surface area contributed by atoms with E-state index in [2.05, 4.69) is 0 Å². The number of hydrogen-bond acceptors (Lipinski definition) is 5. The van der Waals surface area contributed by atoms with E-state index < -0.39 is 12.1 Å². The molecule has 0 bridgehead atoms. The van der Waals surface area contributed by atoms with Crippen molar-refractivity contribution in [2.24, 2.45) is 0 Å². The second kappa shape index (κ2) is 7.28. The first-order chi connectivity index (χ1) is 14.0. The van der Waals surface area contributed by atoms with Crippen molar-refractivity contribution in [1.29, 1.82) is 5.26 Å². The number of rotatable bonds is 3. The van der Waals surface area contributed by atoms with Gasteiger partial charge in [-0.3, -0.25) is 9.59 Å². The van der Waals surface area contributed by atoms with Gasteiger partial charge in [0.1, 0.15) is 11.8 Å². The number of hydrogen-bond donors (Lipinski definition) is 0. The monoisotopic (exact) mass is 390 g/mol. The number of fused-ring (bicyclic) bond motifs is 1. The van der Waals surface area contributed by atoms with Gasteiger partial charge in [0.25, 0.3) is 11.8 Å². The molecule has 8 nitrogen and oxygen atoms in total. The standard InChI is InChI=1S/C21H18N4O4/c1-29-17-4-2-3-16(11-17)25-20(27)18-13-23(9-10-24(18)21(25)28)19(26)15-7-5-14(12-22)6-8-15/h2-8,11,18H,9-10,13H2,1H3. The summed E-state index contributed by atoms with van der Waals surface area (Å²) >= 11 is 0. The van der Waals surface area contributed by atoms with E-state index >= 15 is 0 Å². The van der Waals surface area contributed by atoms with E-state index in [0.717, 1.165) is 4.90 Å². The predicted molar refractivity (Wildman–Crippen MR) is 103 cm³/mol. The molecule has 146 valence electrons. The number of anilines is 1. The number of carbonyl (C=O) groups excluding carboxylic acids is 3. The first kappa shape index (κ1) is 18.5. The van der Waals surface area contributed by atoms with Crippen molar-refractivity contribution in [3.8, 4) is 11.8 Å². The van der Waals surface area contributed by atoms with Gasteiger partial charge in [-0.05, 0) is 36.4 Å². The van der Waals surface area contributed by atoms with Crippen LogP contribution in [0, 0.1) is 11.3 Å². The van der Waals surface area contributed by atoms with E-state index in [9.17, 15) is 14.4 Å². The number of ether oxygens (including phenoxy) is 1. The van der Waals surface area contributed by atoms with E-state index in [1.807, 2.05) is 6.07 Å². The molecule has 2 heterocycles. The lowest BCUT2D eigenvalue weighted by Gasteiger charge is -2.35. The van der Waals surface area contributed by atoms with Crippen molar-refractivity contribution in [1.82, 2.24) is 9.80 Å². The molecule has 0 spiro atoms. The number of piperazine rings is 1. The third-order valence-electron chi connectivity index (χ3n) is 5.18. The van der Waals surface area contributed by atoms with Gasteiger partial charge in [-0.25, -0.2) is 9.69 Å². The smallest absolute Gasteiger partial charge is 0.332 e. The van der Waals surface area contributed by atoms with Gasteiger partial charge in [0.2, 0.25) is 0 Å².